The fourth-order valence-corrected chi connectivity index (χ4v) is 3.66. The normalized spacial score (nSPS) is 24.4. The lowest BCUT2D eigenvalue weighted by atomic mass is 10.1. The van der Waals surface area contributed by atoms with Crippen LogP contribution in [0.2, 0.25) is 0 Å². The van der Waals surface area contributed by atoms with Gasteiger partial charge in [0.2, 0.25) is 11.8 Å². The molecular formula is C24H29N3O7. The first-order valence-corrected chi connectivity index (χ1v) is 11.3. The van der Waals surface area contributed by atoms with Gasteiger partial charge in [-0.3, -0.25) is 14.4 Å². The summed E-state index contributed by atoms with van der Waals surface area (Å²) < 4.78 is 10.5. The highest BCUT2D eigenvalue weighted by atomic mass is 16.5. The van der Waals surface area contributed by atoms with Gasteiger partial charge >= 0.3 is 5.97 Å². The molecule has 0 unspecified atom stereocenters. The zero-order valence-corrected chi connectivity index (χ0v) is 19.1. The van der Waals surface area contributed by atoms with Crippen LogP contribution in [0.15, 0.2) is 46.3 Å². The highest BCUT2D eigenvalue weighted by Gasteiger charge is 2.30. The summed E-state index contributed by atoms with van der Waals surface area (Å²) in [7, 11) is 0. The number of fused-ring (bicyclic) bond motifs is 3. The molecule has 10 heteroatoms. The third kappa shape index (κ3) is 7.24. The molecule has 2 N–H and O–H groups in total. The number of aliphatic hydroxyl groups excluding tert-OH is 1. The minimum absolute atomic E-state index is 0.0213. The number of carbonyl (C=O) groups is 4. The second-order valence-electron chi connectivity index (χ2n) is 8.18. The van der Waals surface area contributed by atoms with Crippen LogP contribution in [-0.4, -0.2) is 64.4 Å². The van der Waals surface area contributed by atoms with E-state index in [1.54, 1.807) is 18.2 Å². The highest BCUT2D eigenvalue weighted by molar-refractivity contribution is 6.00. The van der Waals surface area contributed by atoms with Crippen LogP contribution in [0.1, 0.15) is 55.4 Å². The summed E-state index contributed by atoms with van der Waals surface area (Å²) in [5.41, 5.74) is 1.01. The molecule has 0 aromatic carbocycles. The average Bonchev–Trinajstić information content (AvgIpc) is 3.45. The number of amides is 2. The molecule has 2 aliphatic heterocycles. The Labute approximate surface area is 197 Å². The topological polar surface area (TPSA) is 139 Å². The third-order valence-corrected chi connectivity index (χ3v) is 5.30. The lowest BCUT2D eigenvalue weighted by Gasteiger charge is -2.17. The standard InChI is InChI=1S/C24H29N3O7/c1-16-6-4-9-25-21(30)8-2-3-11-33-24(32)20-7-5-10-27(20)23(31)19-15-34-22(26-19)14-18(29)13-17(28)12-16/h2,7-8,12,15,17,28H,3-6,9-11,13-14H2,1H3,(H,25,30)/b8-2+,16-12+/t17-/m1/s1. The molecule has 3 heterocycles. The number of nitrogens with one attached hydrogen (secondary N) is 1. The van der Waals surface area contributed by atoms with Gasteiger partial charge in [-0.1, -0.05) is 23.8 Å². The van der Waals surface area contributed by atoms with Crippen molar-refractivity contribution in [1.29, 1.82) is 0 Å². The van der Waals surface area contributed by atoms with Crippen LogP contribution in [0.25, 0.3) is 0 Å². The molecule has 0 radical (unpaired) electrons. The summed E-state index contributed by atoms with van der Waals surface area (Å²) in [5, 5.41) is 13.0. The Morgan fingerprint density at radius 3 is 2.85 bits per heavy atom. The first-order chi connectivity index (χ1) is 16.3. The van der Waals surface area contributed by atoms with E-state index >= 15 is 0 Å². The van der Waals surface area contributed by atoms with Crippen LogP contribution in [0.4, 0.5) is 0 Å². The summed E-state index contributed by atoms with van der Waals surface area (Å²) in [5.74, 6) is -1.65. The van der Waals surface area contributed by atoms with Crippen molar-refractivity contribution in [3.05, 3.63) is 53.4 Å². The van der Waals surface area contributed by atoms with Gasteiger partial charge < -0.3 is 24.5 Å². The fourth-order valence-electron chi connectivity index (χ4n) is 3.66. The summed E-state index contributed by atoms with van der Waals surface area (Å²) in [4.78, 5) is 54.8. The van der Waals surface area contributed by atoms with Gasteiger partial charge in [-0.25, -0.2) is 9.78 Å². The van der Waals surface area contributed by atoms with Crippen LogP contribution >= 0.6 is 0 Å². The summed E-state index contributed by atoms with van der Waals surface area (Å²) in [6.45, 7) is 2.67. The number of esters is 1. The highest BCUT2D eigenvalue weighted by Crippen LogP contribution is 2.20. The monoisotopic (exact) mass is 471 g/mol. The van der Waals surface area contributed by atoms with Gasteiger partial charge in [0, 0.05) is 25.9 Å². The Hall–Kier alpha value is -3.53. The molecule has 0 saturated heterocycles. The van der Waals surface area contributed by atoms with Gasteiger partial charge in [0.15, 0.2) is 5.69 Å². The molecule has 0 aliphatic carbocycles. The second-order valence-corrected chi connectivity index (χ2v) is 8.18. The molecule has 2 aliphatic rings. The summed E-state index contributed by atoms with van der Waals surface area (Å²) >= 11 is 0. The van der Waals surface area contributed by atoms with E-state index in [9.17, 15) is 24.3 Å². The SMILES string of the molecule is C/C1=C\[C@@H](O)CC(=O)Cc2nc(co2)C(=O)N2CCC=C2C(=O)OCC/C=C/C(=O)NCCC1. The fraction of sp³-hybridized carbons (Fsp3) is 0.458. The van der Waals surface area contributed by atoms with E-state index < -0.39 is 18.0 Å². The van der Waals surface area contributed by atoms with Gasteiger partial charge in [0.25, 0.3) is 5.91 Å². The van der Waals surface area contributed by atoms with Crippen molar-refractivity contribution in [2.75, 3.05) is 19.7 Å². The maximum Gasteiger partial charge on any atom is 0.354 e. The number of carbonyl (C=O) groups excluding carboxylic acids is 4. The average molecular weight is 472 g/mol. The van der Waals surface area contributed by atoms with E-state index in [1.165, 1.54) is 11.0 Å². The van der Waals surface area contributed by atoms with Crippen molar-refractivity contribution in [2.45, 2.75) is 51.6 Å². The van der Waals surface area contributed by atoms with Crippen molar-refractivity contribution in [3.8, 4) is 0 Å². The number of hydrogen-bond donors (Lipinski definition) is 2. The van der Waals surface area contributed by atoms with E-state index in [0.29, 0.717) is 38.8 Å². The van der Waals surface area contributed by atoms with Crippen LogP contribution in [-0.2, 0) is 25.5 Å². The number of ketones is 1. The first kappa shape index (κ1) is 25.1. The van der Waals surface area contributed by atoms with E-state index in [-0.39, 0.29) is 48.4 Å². The number of aromatic nitrogens is 1. The molecule has 34 heavy (non-hydrogen) atoms. The van der Waals surface area contributed by atoms with E-state index in [0.717, 1.165) is 11.8 Å². The number of aliphatic hydroxyl groups is 1. The maximum absolute atomic E-state index is 12.8. The maximum atomic E-state index is 12.8. The van der Waals surface area contributed by atoms with Gasteiger partial charge in [0.1, 0.15) is 17.7 Å². The van der Waals surface area contributed by atoms with Crippen molar-refractivity contribution in [1.82, 2.24) is 15.2 Å². The number of oxazole rings is 1. The van der Waals surface area contributed by atoms with E-state index in [1.807, 2.05) is 6.92 Å². The van der Waals surface area contributed by atoms with Gasteiger partial charge in [-0.05, 0) is 32.3 Å². The number of cyclic esters (lactones) is 1. The lowest BCUT2D eigenvalue weighted by molar-refractivity contribution is -0.140. The Kier molecular flexibility index (Phi) is 8.92. The largest absolute Gasteiger partial charge is 0.461 e. The summed E-state index contributed by atoms with van der Waals surface area (Å²) in [6, 6.07) is 0. The second kappa shape index (κ2) is 12.1. The molecule has 2 bridgehead atoms. The third-order valence-electron chi connectivity index (χ3n) is 5.30. The Morgan fingerprint density at radius 1 is 1.21 bits per heavy atom. The van der Waals surface area contributed by atoms with Crippen molar-refractivity contribution >= 4 is 23.6 Å². The van der Waals surface area contributed by atoms with E-state index in [2.05, 4.69) is 10.3 Å². The smallest absolute Gasteiger partial charge is 0.354 e. The molecule has 1 atom stereocenters. The zero-order chi connectivity index (χ0) is 24.5. The van der Waals surface area contributed by atoms with Gasteiger partial charge in [0.05, 0.1) is 19.1 Å². The Balaban J connectivity index is 1.72. The molecule has 3 rings (SSSR count). The molecular weight excluding hydrogens is 442 g/mol. The van der Waals surface area contributed by atoms with E-state index in [4.69, 9.17) is 9.15 Å². The Bertz CT molecular complexity index is 1020. The minimum Gasteiger partial charge on any atom is -0.461 e. The predicted octanol–water partition coefficient (Wildman–Crippen LogP) is 1.61. The minimum atomic E-state index is -0.953. The molecule has 1 aromatic rings. The predicted molar refractivity (Wildman–Crippen MR) is 120 cm³/mol. The van der Waals surface area contributed by atoms with Crippen LogP contribution < -0.4 is 5.32 Å². The van der Waals surface area contributed by atoms with Gasteiger partial charge in [-0.15, -0.1) is 0 Å². The number of rotatable bonds is 0. The van der Waals surface area contributed by atoms with Crippen LogP contribution in [0, 0.1) is 0 Å². The van der Waals surface area contributed by atoms with Crippen molar-refractivity contribution < 1.29 is 33.4 Å². The number of hydrogen-bond acceptors (Lipinski definition) is 8. The molecule has 0 saturated carbocycles. The van der Waals surface area contributed by atoms with Crippen LogP contribution in [0.3, 0.4) is 0 Å². The van der Waals surface area contributed by atoms with Crippen molar-refractivity contribution in [3.63, 3.8) is 0 Å². The molecule has 2 amide bonds. The van der Waals surface area contributed by atoms with Crippen LogP contribution in [0.5, 0.6) is 0 Å². The number of allylic oxidation sites excluding steroid dienone is 1. The molecule has 0 fully saturated rings. The molecule has 10 nitrogen and oxygen atoms in total. The first-order valence-electron chi connectivity index (χ1n) is 11.3. The molecule has 1 aromatic heterocycles. The summed E-state index contributed by atoms with van der Waals surface area (Å²) in [6.07, 6.45) is 8.33. The number of ether oxygens (including phenoxy) is 1. The lowest BCUT2D eigenvalue weighted by Crippen LogP contribution is -2.32. The van der Waals surface area contributed by atoms with Gasteiger partial charge in [-0.2, -0.15) is 0 Å². The Morgan fingerprint density at radius 2 is 2.03 bits per heavy atom. The molecule has 0 spiro atoms. The zero-order valence-electron chi connectivity index (χ0n) is 19.1. The number of nitrogens with zero attached hydrogens (tertiary/aromatic N) is 2. The number of Topliss-reactive ketones (excluding diaryl/α,β-unsaturated/α-hetero) is 1. The molecule has 182 valence electrons. The van der Waals surface area contributed by atoms with Crippen molar-refractivity contribution in [2.24, 2.45) is 0 Å². The quantitative estimate of drug-likeness (QED) is 0.430.